The van der Waals surface area contributed by atoms with E-state index in [1.54, 1.807) is 10.6 Å². The van der Waals surface area contributed by atoms with Crippen molar-refractivity contribution in [2.45, 2.75) is 39.7 Å². The van der Waals surface area contributed by atoms with Crippen molar-refractivity contribution in [1.82, 2.24) is 9.55 Å². The molecule has 2 rings (SSSR count). The zero-order valence-corrected chi connectivity index (χ0v) is 9.66. The number of aromatic nitrogens is 2. The van der Waals surface area contributed by atoms with E-state index in [9.17, 15) is 4.79 Å². The van der Waals surface area contributed by atoms with Crippen LogP contribution in [-0.4, -0.2) is 9.55 Å². The van der Waals surface area contributed by atoms with Gasteiger partial charge in [0, 0.05) is 30.1 Å². The first-order valence-electron chi connectivity index (χ1n) is 5.48. The molecule has 1 aromatic heterocycles. The van der Waals surface area contributed by atoms with Crippen LogP contribution in [0.5, 0.6) is 0 Å². The molecule has 84 valence electrons. The van der Waals surface area contributed by atoms with Gasteiger partial charge in [0.15, 0.2) is 0 Å². The Labute approximate surface area is 94.5 Å². The van der Waals surface area contributed by atoms with E-state index >= 15 is 0 Å². The molecule has 16 heavy (non-hydrogen) atoms. The Morgan fingerprint density at radius 2 is 2.25 bits per heavy atom. The van der Waals surface area contributed by atoms with Crippen LogP contribution in [0, 0.1) is 30.6 Å². The van der Waals surface area contributed by atoms with Crippen LogP contribution in [0.4, 0.5) is 0 Å². The summed E-state index contributed by atoms with van der Waals surface area (Å²) >= 11 is 0. The fourth-order valence-corrected chi connectivity index (χ4v) is 2.03. The van der Waals surface area contributed by atoms with E-state index < -0.39 is 0 Å². The molecule has 0 amide bonds. The van der Waals surface area contributed by atoms with Crippen LogP contribution < -0.4 is 5.56 Å². The molecular weight excluding hydrogens is 202 g/mol. The van der Waals surface area contributed by atoms with E-state index in [4.69, 9.17) is 5.26 Å². The van der Waals surface area contributed by atoms with Crippen molar-refractivity contribution in [3.8, 4) is 6.07 Å². The molecule has 1 fully saturated rings. The summed E-state index contributed by atoms with van der Waals surface area (Å²) < 4.78 is 1.69. The molecule has 0 spiro atoms. The fourth-order valence-electron chi connectivity index (χ4n) is 2.03. The van der Waals surface area contributed by atoms with Gasteiger partial charge in [-0.15, -0.1) is 0 Å². The second-order valence-electron chi connectivity index (χ2n) is 4.70. The highest BCUT2D eigenvalue weighted by Gasteiger charge is 2.43. The lowest BCUT2D eigenvalue weighted by atomic mass is 10.0. The monoisotopic (exact) mass is 217 g/mol. The first-order chi connectivity index (χ1) is 7.56. The maximum Gasteiger partial charge on any atom is 0.253 e. The van der Waals surface area contributed by atoms with Gasteiger partial charge < -0.3 is 0 Å². The average Bonchev–Trinajstić information content (AvgIpc) is 2.93. The van der Waals surface area contributed by atoms with Crippen LogP contribution >= 0.6 is 0 Å². The summed E-state index contributed by atoms with van der Waals surface area (Å²) in [5, 5.41) is 8.75. The summed E-state index contributed by atoms with van der Waals surface area (Å²) in [5.74, 6) is 0.745. The minimum Gasteiger partial charge on any atom is -0.296 e. The molecule has 0 saturated heterocycles. The van der Waals surface area contributed by atoms with Gasteiger partial charge in [0.05, 0.1) is 6.07 Å². The molecular formula is C12H15N3O. The van der Waals surface area contributed by atoms with E-state index in [-0.39, 0.29) is 11.0 Å². The normalized spacial score (nSPS) is 16.8. The van der Waals surface area contributed by atoms with Gasteiger partial charge in [-0.1, -0.05) is 0 Å². The molecule has 1 aliphatic rings. The lowest BCUT2D eigenvalue weighted by molar-refractivity contribution is 0.413. The third-order valence-electron chi connectivity index (χ3n) is 3.23. The highest BCUT2D eigenvalue weighted by molar-refractivity contribution is 5.05. The molecule has 1 aromatic rings. The Morgan fingerprint density at radius 3 is 2.75 bits per heavy atom. The third kappa shape index (κ3) is 1.99. The Kier molecular flexibility index (Phi) is 2.55. The van der Waals surface area contributed by atoms with Crippen LogP contribution in [0.2, 0.25) is 0 Å². The molecule has 1 heterocycles. The maximum absolute atomic E-state index is 11.8. The van der Waals surface area contributed by atoms with Crippen molar-refractivity contribution in [1.29, 1.82) is 5.26 Å². The summed E-state index contributed by atoms with van der Waals surface area (Å²) in [4.78, 5) is 16.1. The lowest BCUT2D eigenvalue weighted by Crippen LogP contribution is -2.27. The largest absolute Gasteiger partial charge is 0.296 e. The van der Waals surface area contributed by atoms with Gasteiger partial charge in [0.1, 0.15) is 5.82 Å². The number of hydrogen-bond acceptors (Lipinski definition) is 3. The molecule has 0 aromatic carbocycles. The van der Waals surface area contributed by atoms with Gasteiger partial charge in [0.2, 0.25) is 0 Å². The van der Waals surface area contributed by atoms with E-state index in [0.29, 0.717) is 13.0 Å². The molecule has 0 aliphatic heterocycles. The van der Waals surface area contributed by atoms with Crippen molar-refractivity contribution in [2.24, 2.45) is 5.41 Å². The first kappa shape index (κ1) is 10.9. The zero-order valence-electron chi connectivity index (χ0n) is 9.66. The molecule has 0 radical (unpaired) electrons. The van der Waals surface area contributed by atoms with Crippen LogP contribution in [0.3, 0.4) is 0 Å². The quantitative estimate of drug-likeness (QED) is 0.771. The Morgan fingerprint density at radius 1 is 1.56 bits per heavy atom. The van der Waals surface area contributed by atoms with Crippen molar-refractivity contribution in [2.75, 3.05) is 0 Å². The molecule has 4 nitrogen and oxygen atoms in total. The number of aryl methyl sites for hydroxylation is 2. The summed E-state index contributed by atoms with van der Waals surface area (Å²) in [6.45, 7) is 4.30. The van der Waals surface area contributed by atoms with Gasteiger partial charge in [-0.2, -0.15) is 5.26 Å². The van der Waals surface area contributed by atoms with Crippen LogP contribution in [0.15, 0.2) is 10.9 Å². The average molecular weight is 217 g/mol. The number of rotatable bonds is 3. The summed E-state index contributed by atoms with van der Waals surface area (Å²) in [6.07, 6.45) is 2.62. The minimum atomic E-state index is -0.00536. The highest BCUT2D eigenvalue weighted by atomic mass is 16.1. The molecule has 1 aliphatic carbocycles. The molecule has 0 atom stereocenters. The van der Waals surface area contributed by atoms with Crippen LogP contribution in [-0.2, 0) is 6.54 Å². The molecule has 0 bridgehead atoms. The van der Waals surface area contributed by atoms with Gasteiger partial charge in [0.25, 0.3) is 5.56 Å². The summed E-state index contributed by atoms with van der Waals surface area (Å²) in [5.41, 5.74) is 0.790. The topological polar surface area (TPSA) is 58.7 Å². The Hall–Kier alpha value is -1.63. The molecule has 0 N–H and O–H groups in total. The summed E-state index contributed by atoms with van der Waals surface area (Å²) in [6, 6.07) is 3.76. The Bertz CT molecular complexity index is 506. The third-order valence-corrected chi connectivity index (χ3v) is 3.23. The van der Waals surface area contributed by atoms with Crippen LogP contribution in [0.1, 0.15) is 30.8 Å². The van der Waals surface area contributed by atoms with E-state index in [2.05, 4.69) is 11.1 Å². The fraction of sp³-hybridized carbons (Fsp3) is 0.583. The summed E-state index contributed by atoms with van der Waals surface area (Å²) in [7, 11) is 0. The van der Waals surface area contributed by atoms with Crippen LogP contribution in [0.25, 0.3) is 0 Å². The number of hydrogen-bond donors (Lipinski definition) is 0. The molecule has 4 heteroatoms. The second kappa shape index (κ2) is 3.75. The van der Waals surface area contributed by atoms with Crippen molar-refractivity contribution < 1.29 is 0 Å². The second-order valence-corrected chi connectivity index (χ2v) is 4.70. The SMILES string of the molecule is Cc1cc(=O)n(CC2(CC#N)CC2)c(C)n1. The van der Waals surface area contributed by atoms with Crippen molar-refractivity contribution in [3.63, 3.8) is 0 Å². The van der Waals surface area contributed by atoms with Gasteiger partial charge >= 0.3 is 0 Å². The highest BCUT2D eigenvalue weighted by Crippen LogP contribution is 2.49. The first-order valence-corrected chi connectivity index (χ1v) is 5.48. The number of nitriles is 1. The van der Waals surface area contributed by atoms with E-state index in [1.165, 1.54) is 0 Å². The van der Waals surface area contributed by atoms with Crippen molar-refractivity contribution in [3.05, 3.63) is 27.9 Å². The standard InChI is InChI=1S/C12H15N3O/c1-9-7-11(16)15(10(2)14-9)8-12(3-4-12)5-6-13/h7H,3-5,8H2,1-2H3. The van der Waals surface area contributed by atoms with E-state index in [0.717, 1.165) is 24.4 Å². The van der Waals surface area contributed by atoms with Gasteiger partial charge in [-0.05, 0) is 26.7 Å². The maximum atomic E-state index is 11.8. The van der Waals surface area contributed by atoms with Crippen molar-refractivity contribution >= 4 is 0 Å². The smallest absolute Gasteiger partial charge is 0.253 e. The van der Waals surface area contributed by atoms with Gasteiger partial charge in [-0.3, -0.25) is 9.36 Å². The Balaban J connectivity index is 2.29. The predicted molar refractivity (Wildman–Crippen MR) is 59.9 cm³/mol. The minimum absolute atomic E-state index is 0.00536. The number of nitrogens with zero attached hydrogens (tertiary/aromatic N) is 3. The predicted octanol–water partition coefficient (Wildman–Crippen LogP) is 1.55. The van der Waals surface area contributed by atoms with Gasteiger partial charge in [-0.25, -0.2) is 4.98 Å². The van der Waals surface area contributed by atoms with E-state index in [1.807, 2.05) is 13.8 Å². The zero-order chi connectivity index (χ0) is 11.8. The lowest BCUT2D eigenvalue weighted by Gasteiger charge is -2.15. The molecule has 1 saturated carbocycles. The molecule has 0 unspecified atom stereocenters.